The first-order valence-electron chi connectivity index (χ1n) is 7.43. The number of H-pyrrole nitrogens is 1. The lowest BCUT2D eigenvalue weighted by Crippen LogP contribution is -3.08. The number of aromatic amines is 1. The standard InChI is InChI=1S/C17H15Cl2N3S/c1-22-5-4-16-13(9-22)7-12(8-20)17(21-16)23-10-11-2-3-14(18)15(19)6-11/h2-3,6-7H,4-5,9-10H2,1H3/p+2. The number of benzene rings is 1. The van der Waals surface area contributed by atoms with Gasteiger partial charge in [-0.05, 0) is 23.8 Å². The molecule has 0 bridgehead atoms. The van der Waals surface area contributed by atoms with Gasteiger partial charge < -0.3 is 4.90 Å². The van der Waals surface area contributed by atoms with Crippen molar-refractivity contribution < 1.29 is 9.88 Å². The number of pyridine rings is 1. The van der Waals surface area contributed by atoms with Crippen LogP contribution in [-0.4, -0.2) is 13.6 Å². The molecule has 6 heteroatoms. The molecule has 0 aliphatic carbocycles. The van der Waals surface area contributed by atoms with Gasteiger partial charge in [0.05, 0.1) is 35.6 Å². The Kier molecular flexibility index (Phi) is 5.13. The third kappa shape index (κ3) is 3.81. The molecule has 0 amide bonds. The summed E-state index contributed by atoms with van der Waals surface area (Å²) in [4.78, 5) is 4.95. The predicted octanol–water partition coefficient (Wildman–Crippen LogP) is 2.54. The second-order valence-corrected chi connectivity index (χ2v) is 7.60. The first kappa shape index (κ1) is 16.6. The predicted molar refractivity (Wildman–Crippen MR) is 92.9 cm³/mol. The van der Waals surface area contributed by atoms with Gasteiger partial charge in [-0.25, -0.2) is 4.98 Å². The number of likely N-dealkylation sites (N-methyl/N-ethyl adjacent to an activating group) is 1. The zero-order chi connectivity index (χ0) is 16.4. The fraction of sp³-hybridized carbons (Fsp3) is 0.294. The van der Waals surface area contributed by atoms with Crippen molar-refractivity contribution in [1.82, 2.24) is 0 Å². The molecule has 2 aromatic rings. The number of aromatic nitrogens is 1. The lowest BCUT2D eigenvalue weighted by molar-refractivity contribution is -0.897. The van der Waals surface area contributed by atoms with E-state index in [2.05, 4.69) is 18.1 Å². The first-order valence-corrected chi connectivity index (χ1v) is 9.17. The first-order chi connectivity index (χ1) is 11.1. The van der Waals surface area contributed by atoms with Gasteiger partial charge in [-0.15, -0.1) is 0 Å². The Morgan fingerprint density at radius 2 is 2.13 bits per heavy atom. The third-order valence-corrected chi connectivity index (χ3v) is 5.82. The Labute approximate surface area is 150 Å². The maximum absolute atomic E-state index is 9.43. The number of halogens is 2. The minimum Gasteiger partial charge on any atom is -0.333 e. The molecule has 1 aliphatic heterocycles. The summed E-state index contributed by atoms with van der Waals surface area (Å²) >= 11 is 13.6. The van der Waals surface area contributed by atoms with E-state index in [0.29, 0.717) is 15.6 Å². The lowest BCUT2D eigenvalue weighted by Gasteiger charge is -2.19. The second-order valence-electron chi connectivity index (χ2n) is 5.80. The van der Waals surface area contributed by atoms with Gasteiger partial charge in [-0.1, -0.05) is 41.0 Å². The van der Waals surface area contributed by atoms with Crippen molar-refractivity contribution in [2.75, 3.05) is 13.6 Å². The maximum atomic E-state index is 9.43. The normalized spacial score (nSPS) is 16.7. The summed E-state index contributed by atoms with van der Waals surface area (Å²) in [5.41, 5.74) is 4.31. The van der Waals surface area contributed by atoms with Crippen LogP contribution in [0.1, 0.15) is 22.4 Å². The summed E-state index contributed by atoms with van der Waals surface area (Å²) in [7, 11) is 2.18. The summed E-state index contributed by atoms with van der Waals surface area (Å²) in [5, 5.41) is 11.5. The molecule has 3 rings (SSSR count). The Bertz CT molecular complexity index is 786. The Morgan fingerprint density at radius 3 is 2.87 bits per heavy atom. The Hall–Kier alpha value is -1.25. The number of rotatable bonds is 3. The lowest BCUT2D eigenvalue weighted by atomic mass is 10.0. The highest BCUT2D eigenvalue weighted by Gasteiger charge is 2.25. The minimum absolute atomic E-state index is 0.560. The summed E-state index contributed by atoms with van der Waals surface area (Å²) in [5.74, 6) is 0.742. The number of nitrogens with one attached hydrogen (secondary N) is 2. The summed E-state index contributed by atoms with van der Waals surface area (Å²) < 4.78 is 0. The molecule has 3 nitrogen and oxygen atoms in total. The van der Waals surface area contributed by atoms with E-state index in [1.54, 1.807) is 17.8 Å². The molecule has 23 heavy (non-hydrogen) atoms. The number of hydrogen-bond donors (Lipinski definition) is 1. The second kappa shape index (κ2) is 7.11. The van der Waals surface area contributed by atoms with Crippen molar-refractivity contribution in [3.8, 4) is 6.07 Å². The van der Waals surface area contributed by atoms with Crippen molar-refractivity contribution >= 4 is 35.0 Å². The van der Waals surface area contributed by atoms with E-state index in [9.17, 15) is 5.26 Å². The number of nitriles is 1. The average molecular weight is 366 g/mol. The zero-order valence-electron chi connectivity index (χ0n) is 12.7. The number of nitrogens with zero attached hydrogens (tertiary/aromatic N) is 1. The quantitative estimate of drug-likeness (QED) is 0.849. The average Bonchev–Trinajstić information content (AvgIpc) is 2.55. The highest BCUT2D eigenvalue weighted by Crippen LogP contribution is 2.28. The molecule has 0 spiro atoms. The van der Waals surface area contributed by atoms with Gasteiger partial charge in [0.1, 0.15) is 18.2 Å². The molecular formula is C17H17Cl2N3S+2. The molecule has 0 fully saturated rings. The van der Waals surface area contributed by atoms with Crippen molar-refractivity contribution in [2.45, 2.75) is 23.7 Å². The molecule has 0 radical (unpaired) electrons. The SMILES string of the molecule is C[NH+]1CCc2[nH+]c(SCc3ccc(Cl)c(Cl)c3)c(C#N)cc2C1. The summed E-state index contributed by atoms with van der Waals surface area (Å²) in [6.45, 7) is 2.09. The van der Waals surface area contributed by atoms with Crippen LogP contribution in [-0.2, 0) is 18.7 Å². The van der Waals surface area contributed by atoms with E-state index < -0.39 is 0 Å². The van der Waals surface area contributed by atoms with E-state index in [-0.39, 0.29) is 0 Å². The highest BCUT2D eigenvalue weighted by molar-refractivity contribution is 7.98. The van der Waals surface area contributed by atoms with Gasteiger partial charge in [-0.3, -0.25) is 0 Å². The van der Waals surface area contributed by atoms with Crippen LogP contribution >= 0.6 is 35.0 Å². The summed E-state index contributed by atoms with van der Waals surface area (Å²) in [6, 6.07) is 9.98. The molecule has 1 atom stereocenters. The minimum atomic E-state index is 0.560. The number of hydrogen-bond acceptors (Lipinski definition) is 2. The monoisotopic (exact) mass is 365 g/mol. The molecule has 0 saturated carbocycles. The largest absolute Gasteiger partial charge is 0.333 e. The number of quaternary nitrogens is 1. The highest BCUT2D eigenvalue weighted by atomic mass is 35.5. The van der Waals surface area contributed by atoms with Crippen LogP contribution < -0.4 is 9.88 Å². The van der Waals surface area contributed by atoms with Crippen LogP contribution in [0.3, 0.4) is 0 Å². The van der Waals surface area contributed by atoms with Gasteiger partial charge in [0.25, 0.3) is 5.03 Å². The molecule has 2 N–H and O–H groups in total. The molecule has 1 aromatic heterocycles. The van der Waals surface area contributed by atoms with E-state index >= 15 is 0 Å². The molecule has 1 unspecified atom stereocenters. The van der Waals surface area contributed by atoms with Gasteiger partial charge in [0.15, 0.2) is 5.69 Å². The van der Waals surface area contributed by atoms with Crippen molar-refractivity contribution in [3.05, 3.63) is 56.7 Å². The fourth-order valence-corrected chi connectivity index (χ4v) is 3.99. The van der Waals surface area contributed by atoms with E-state index in [4.69, 9.17) is 23.2 Å². The topological polar surface area (TPSA) is 42.4 Å². The fourth-order valence-electron chi connectivity index (χ4n) is 2.73. The number of thioether (sulfide) groups is 1. The maximum Gasteiger partial charge on any atom is 0.256 e. The van der Waals surface area contributed by atoms with Crippen molar-refractivity contribution in [1.29, 1.82) is 5.26 Å². The molecule has 0 saturated heterocycles. The van der Waals surface area contributed by atoms with Crippen LogP contribution in [0, 0.1) is 11.3 Å². The van der Waals surface area contributed by atoms with Crippen molar-refractivity contribution in [3.63, 3.8) is 0 Å². The van der Waals surface area contributed by atoms with E-state index in [1.807, 2.05) is 18.2 Å². The van der Waals surface area contributed by atoms with Gasteiger partial charge >= 0.3 is 0 Å². The van der Waals surface area contributed by atoms with E-state index in [0.717, 1.165) is 35.9 Å². The Balaban J connectivity index is 1.82. The van der Waals surface area contributed by atoms with Crippen LogP contribution in [0.15, 0.2) is 29.3 Å². The van der Waals surface area contributed by atoms with Crippen LogP contribution in [0.2, 0.25) is 10.0 Å². The van der Waals surface area contributed by atoms with Gasteiger partial charge in [-0.2, -0.15) is 5.26 Å². The summed E-state index contributed by atoms with van der Waals surface area (Å²) in [6.07, 6.45) is 1.02. The smallest absolute Gasteiger partial charge is 0.256 e. The van der Waals surface area contributed by atoms with Gasteiger partial charge in [0, 0.05) is 5.75 Å². The Morgan fingerprint density at radius 1 is 1.30 bits per heavy atom. The van der Waals surface area contributed by atoms with Crippen molar-refractivity contribution in [2.24, 2.45) is 0 Å². The zero-order valence-corrected chi connectivity index (χ0v) is 15.1. The molecule has 1 aliphatic rings. The third-order valence-electron chi connectivity index (χ3n) is 4.00. The molecular weight excluding hydrogens is 349 g/mol. The molecule has 1 aromatic carbocycles. The molecule has 118 valence electrons. The number of fused-ring (bicyclic) bond motifs is 1. The van der Waals surface area contributed by atoms with Gasteiger partial charge in [0.2, 0.25) is 0 Å². The van der Waals surface area contributed by atoms with Crippen LogP contribution in [0.4, 0.5) is 0 Å². The van der Waals surface area contributed by atoms with Crippen LogP contribution in [0.5, 0.6) is 0 Å². The van der Waals surface area contributed by atoms with E-state index in [1.165, 1.54) is 16.2 Å². The molecule has 2 heterocycles. The van der Waals surface area contributed by atoms with Crippen LogP contribution in [0.25, 0.3) is 0 Å².